The molecule has 1 aromatic heterocycles. The topological polar surface area (TPSA) is 77.2 Å². The standard InChI is InChI=1S/C26H32ClN3O2/c1-17(28-16-24(31)18-7-5-8-20(27)14-18)13-19-15-29-25-22(19)11-6-12-23(25)26(32)30-21-9-3-2-4-10-21/h5-8,11-12,14-15,17,21,24,28-29,31H,2-4,9-10,13,16H2,1H3,(H,30,32)/t17-,24+/m1/s1. The monoisotopic (exact) mass is 453 g/mol. The van der Waals surface area contributed by atoms with Crippen LogP contribution in [0.1, 0.15) is 66.6 Å². The Morgan fingerprint density at radius 1 is 1.19 bits per heavy atom. The van der Waals surface area contributed by atoms with Gasteiger partial charge in [0.15, 0.2) is 0 Å². The van der Waals surface area contributed by atoms with Gasteiger partial charge in [-0.15, -0.1) is 0 Å². The number of aliphatic hydroxyl groups excluding tert-OH is 1. The maximum atomic E-state index is 12.9. The summed E-state index contributed by atoms with van der Waals surface area (Å²) in [5.74, 6) is 0.00622. The van der Waals surface area contributed by atoms with Gasteiger partial charge in [-0.1, -0.05) is 55.1 Å². The highest BCUT2D eigenvalue weighted by Crippen LogP contribution is 2.24. The van der Waals surface area contributed by atoms with Crippen LogP contribution < -0.4 is 10.6 Å². The molecule has 6 heteroatoms. The summed E-state index contributed by atoms with van der Waals surface area (Å²) in [6, 6.07) is 13.7. The smallest absolute Gasteiger partial charge is 0.253 e. The van der Waals surface area contributed by atoms with Crippen molar-refractivity contribution in [1.29, 1.82) is 0 Å². The third-order valence-corrected chi connectivity index (χ3v) is 6.64. The van der Waals surface area contributed by atoms with E-state index in [-0.39, 0.29) is 18.0 Å². The van der Waals surface area contributed by atoms with E-state index in [1.807, 2.05) is 30.5 Å². The SMILES string of the molecule is C[C@H](Cc1c[nH]c2c(C(=O)NC3CCCCC3)cccc12)NC[C@H](O)c1cccc(Cl)c1. The summed E-state index contributed by atoms with van der Waals surface area (Å²) in [5.41, 5.74) is 3.56. The molecule has 1 fully saturated rings. The van der Waals surface area contributed by atoms with Gasteiger partial charge < -0.3 is 20.7 Å². The van der Waals surface area contributed by atoms with E-state index < -0.39 is 6.10 Å². The van der Waals surface area contributed by atoms with Crippen LogP contribution in [-0.2, 0) is 6.42 Å². The molecular formula is C26H32ClN3O2. The highest BCUT2D eigenvalue weighted by atomic mass is 35.5. The zero-order valence-corrected chi connectivity index (χ0v) is 19.3. The minimum absolute atomic E-state index is 0.00622. The number of benzene rings is 2. The van der Waals surface area contributed by atoms with Crippen LogP contribution in [0.15, 0.2) is 48.7 Å². The maximum absolute atomic E-state index is 12.9. The van der Waals surface area contributed by atoms with E-state index in [4.69, 9.17) is 11.6 Å². The van der Waals surface area contributed by atoms with Gasteiger partial charge in [-0.3, -0.25) is 4.79 Å². The van der Waals surface area contributed by atoms with Gasteiger partial charge in [-0.2, -0.15) is 0 Å². The average Bonchev–Trinajstić information content (AvgIpc) is 3.21. The Labute approximate surface area is 194 Å². The van der Waals surface area contributed by atoms with Gasteiger partial charge in [0, 0.05) is 35.2 Å². The van der Waals surface area contributed by atoms with Crippen molar-refractivity contribution in [2.75, 3.05) is 6.54 Å². The van der Waals surface area contributed by atoms with Crippen molar-refractivity contribution in [3.63, 3.8) is 0 Å². The second-order valence-corrected chi connectivity index (χ2v) is 9.37. The lowest BCUT2D eigenvalue weighted by Gasteiger charge is -2.22. The van der Waals surface area contributed by atoms with Crippen LogP contribution in [0, 0.1) is 0 Å². The van der Waals surface area contributed by atoms with Gasteiger partial charge in [-0.25, -0.2) is 0 Å². The molecule has 0 bridgehead atoms. The average molecular weight is 454 g/mol. The summed E-state index contributed by atoms with van der Waals surface area (Å²) in [7, 11) is 0. The fourth-order valence-corrected chi connectivity index (χ4v) is 4.83. The molecule has 1 amide bonds. The lowest BCUT2D eigenvalue weighted by Crippen LogP contribution is -2.36. The van der Waals surface area contributed by atoms with Crippen molar-refractivity contribution in [1.82, 2.24) is 15.6 Å². The zero-order chi connectivity index (χ0) is 22.5. The third kappa shape index (κ3) is 5.52. The number of H-pyrrole nitrogens is 1. The molecule has 1 aliphatic rings. The van der Waals surface area contributed by atoms with Crippen molar-refractivity contribution in [2.45, 2.75) is 63.6 Å². The van der Waals surface area contributed by atoms with Crippen molar-refractivity contribution in [3.05, 3.63) is 70.4 Å². The molecule has 3 aromatic rings. The summed E-state index contributed by atoms with van der Waals surface area (Å²) >= 11 is 6.03. The Kier molecular flexibility index (Phi) is 7.51. The molecule has 0 radical (unpaired) electrons. The van der Waals surface area contributed by atoms with Crippen LogP contribution >= 0.6 is 11.6 Å². The van der Waals surface area contributed by atoms with Crippen molar-refractivity contribution in [3.8, 4) is 0 Å². The lowest BCUT2D eigenvalue weighted by molar-refractivity contribution is 0.0929. The number of nitrogens with one attached hydrogen (secondary N) is 3. The number of halogens is 1. The van der Waals surface area contributed by atoms with Crippen LogP contribution in [0.2, 0.25) is 5.02 Å². The van der Waals surface area contributed by atoms with Gasteiger partial charge >= 0.3 is 0 Å². The molecule has 32 heavy (non-hydrogen) atoms. The molecule has 1 saturated carbocycles. The predicted octanol–water partition coefficient (Wildman–Crippen LogP) is 5.14. The minimum atomic E-state index is -0.616. The van der Waals surface area contributed by atoms with E-state index in [0.717, 1.165) is 41.3 Å². The van der Waals surface area contributed by atoms with Crippen molar-refractivity contribution in [2.24, 2.45) is 0 Å². The first-order valence-corrected chi connectivity index (χ1v) is 12.0. The van der Waals surface area contributed by atoms with Crippen LogP contribution in [0.5, 0.6) is 0 Å². The molecule has 5 nitrogen and oxygen atoms in total. The number of hydrogen-bond acceptors (Lipinski definition) is 3. The fraction of sp³-hybridized carbons (Fsp3) is 0.423. The predicted molar refractivity (Wildman–Crippen MR) is 130 cm³/mol. The number of rotatable bonds is 8. The Hall–Kier alpha value is -2.34. The summed E-state index contributed by atoms with van der Waals surface area (Å²) in [4.78, 5) is 16.2. The van der Waals surface area contributed by atoms with Gasteiger partial charge in [-0.05, 0) is 55.5 Å². The Bertz CT molecular complexity index is 1060. The first-order chi connectivity index (χ1) is 15.5. The molecule has 1 heterocycles. The number of fused-ring (bicyclic) bond motifs is 1. The van der Waals surface area contributed by atoms with E-state index in [1.54, 1.807) is 12.1 Å². The number of aromatic amines is 1. The summed E-state index contributed by atoms with van der Waals surface area (Å²) in [6.45, 7) is 2.54. The fourth-order valence-electron chi connectivity index (χ4n) is 4.63. The van der Waals surface area contributed by atoms with Gasteiger partial charge in [0.25, 0.3) is 5.91 Å². The Morgan fingerprint density at radius 3 is 2.75 bits per heavy atom. The highest BCUT2D eigenvalue weighted by molar-refractivity contribution is 6.30. The van der Waals surface area contributed by atoms with Gasteiger partial charge in [0.05, 0.1) is 17.2 Å². The van der Waals surface area contributed by atoms with E-state index in [2.05, 4.69) is 28.6 Å². The largest absolute Gasteiger partial charge is 0.387 e. The molecule has 2 atom stereocenters. The molecule has 1 aliphatic carbocycles. The molecule has 4 rings (SSSR count). The molecule has 0 aliphatic heterocycles. The second-order valence-electron chi connectivity index (χ2n) is 8.93. The van der Waals surface area contributed by atoms with Gasteiger partial charge in [0.1, 0.15) is 0 Å². The lowest BCUT2D eigenvalue weighted by atomic mass is 9.95. The van der Waals surface area contributed by atoms with Crippen LogP contribution in [0.25, 0.3) is 10.9 Å². The normalized spacial score (nSPS) is 16.7. The van der Waals surface area contributed by atoms with Gasteiger partial charge in [0.2, 0.25) is 0 Å². The quantitative estimate of drug-likeness (QED) is 0.381. The van der Waals surface area contributed by atoms with E-state index in [9.17, 15) is 9.90 Å². The number of hydrogen-bond donors (Lipinski definition) is 4. The molecule has 0 spiro atoms. The number of aliphatic hydroxyl groups is 1. The Balaban J connectivity index is 1.39. The second kappa shape index (κ2) is 10.5. The van der Waals surface area contributed by atoms with E-state index >= 15 is 0 Å². The molecular weight excluding hydrogens is 422 g/mol. The van der Waals surface area contributed by atoms with Crippen LogP contribution in [0.3, 0.4) is 0 Å². The first kappa shape index (κ1) is 22.8. The summed E-state index contributed by atoms with van der Waals surface area (Å²) < 4.78 is 0. The molecule has 2 aromatic carbocycles. The minimum Gasteiger partial charge on any atom is -0.387 e. The number of carbonyl (C=O) groups is 1. The highest BCUT2D eigenvalue weighted by Gasteiger charge is 2.19. The number of para-hydroxylation sites is 1. The summed E-state index contributed by atoms with van der Waals surface area (Å²) in [5, 5.41) is 18.8. The van der Waals surface area contributed by atoms with Crippen molar-refractivity contribution < 1.29 is 9.90 Å². The maximum Gasteiger partial charge on any atom is 0.253 e. The molecule has 4 N–H and O–H groups in total. The van der Waals surface area contributed by atoms with E-state index in [0.29, 0.717) is 17.1 Å². The third-order valence-electron chi connectivity index (χ3n) is 6.41. The molecule has 170 valence electrons. The zero-order valence-electron chi connectivity index (χ0n) is 18.5. The number of aromatic nitrogens is 1. The number of amides is 1. The van der Waals surface area contributed by atoms with Crippen LogP contribution in [-0.4, -0.2) is 34.6 Å². The molecule has 0 unspecified atom stereocenters. The van der Waals surface area contributed by atoms with Crippen molar-refractivity contribution >= 4 is 28.4 Å². The Morgan fingerprint density at radius 2 is 1.97 bits per heavy atom. The van der Waals surface area contributed by atoms with E-state index in [1.165, 1.54) is 19.3 Å². The van der Waals surface area contributed by atoms with Crippen LogP contribution in [0.4, 0.5) is 0 Å². The first-order valence-electron chi connectivity index (χ1n) is 11.6. The molecule has 0 saturated heterocycles. The number of carbonyl (C=O) groups excluding carboxylic acids is 1. The summed E-state index contributed by atoms with van der Waals surface area (Å²) in [6.07, 6.45) is 7.96.